The quantitative estimate of drug-likeness (QED) is 0.800. The molecule has 0 aliphatic carbocycles. The summed E-state index contributed by atoms with van der Waals surface area (Å²) in [7, 11) is 0. The minimum atomic E-state index is -0.621. The molecule has 0 fully saturated rings. The number of halogens is 2. The van der Waals surface area contributed by atoms with Crippen LogP contribution in [0.5, 0.6) is 0 Å². The van der Waals surface area contributed by atoms with E-state index in [4.69, 9.17) is 17.3 Å². The summed E-state index contributed by atoms with van der Waals surface area (Å²) in [4.78, 5) is 12.5. The summed E-state index contributed by atoms with van der Waals surface area (Å²) in [6, 6.07) is 7.48. The highest BCUT2D eigenvalue weighted by Crippen LogP contribution is 2.26. The van der Waals surface area contributed by atoms with Crippen molar-refractivity contribution in [3.05, 3.63) is 34.9 Å². The van der Waals surface area contributed by atoms with E-state index in [9.17, 15) is 4.79 Å². The Kier molecular flexibility index (Phi) is 8.95. The Bertz CT molecular complexity index is 450. The van der Waals surface area contributed by atoms with Crippen molar-refractivity contribution < 1.29 is 4.79 Å². The highest BCUT2D eigenvalue weighted by atomic mass is 35.5. The van der Waals surface area contributed by atoms with E-state index in [2.05, 4.69) is 12.2 Å². The van der Waals surface area contributed by atoms with E-state index in [1.165, 1.54) is 0 Å². The monoisotopic (exact) mass is 332 g/mol. The zero-order valence-electron chi connectivity index (χ0n) is 13.0. The van der Waals surface area contributed by atoms with Gasteiger partial charge in [-0.1, -0.05) is 43.5 Å². The van der Waals surface area contributed by atoms with Gasteiger partial charge in [-0.05, 0) is 38.0 Å². The van der Waals surface area contributed by atoms with Crippen LogP contribution in [0.2, 0.25) is 5.02 Å². The molecule has 0 aliphatic heterocycles. The van der Waals surface area contributed by atoms with E-state index in [0.29, 0.717) is 11.6 Å². The lowest BCUT2D eigenvalue weighted by atomic mass is 9.83. The normalized spacial score (nSPS) is 12.4. The zero-order chi connectivity index (χ0) is 15.2. The second-order valence-electron chi connectivity index (χ2n) is 5.68. The van der Waals surface area contributed by atoms with E-state index < -0.39 is 5.41 Å². The van der Waals surface area contributed by atoms with Crippen LogP contribution in [-0.2, 0) is 10.2 Å². The number of hydrogen-bond acceptors (Lipinski definition) is 2. The molecule has 1 aromatic rings. The van der Waals surface area contributed by atoms with Gasteiger partial charge in [0, 0.05) is 17.6 Å². The lowest BCUT2D eigenvalue weighted by Gasteiger charge is -2.27. The summed E-state index contributed by atoms with van der Waals surface area (Å²) < 4.78 is 0. The second kappa shape index (κ2) is 9.29. The van der Waals surface area contributed by atoms with Gasteiger partial charge in [0.2, 0.25) is 5.91 Å². The standard InChI is InChI=1S/C16H25ClN2O.ClH/c1-4-5-9-14(11-18)19-15(20)16(2,3)12-7-6-8-13(17)10-12;/h6-8,10,14H,4-5,9,11,18H2,1-3H3,(H,19,20);1H. The molecule has 5 heteroatoms. The molecule has 1 amide bonds. The molecule has 0 aliphatic rings. The van der Waals surface area contributed by atoms with Gasteiger partial charge in [-0.2, -0.15) is 0 Å². The lowest BCUT2D eigenvalue weighted by molar-refractivity contribution is -0.126. The van der Waals surface area contributed by atoms with Crippen LogP contribution in [0.3, 0.4) is 0 Å². The summed E-state index contributed by atoms with van der Waals surface area (Å²) in [6.45, 7) is 6.41. The molecule has 120 valence electrons. The number of hydrogen-bond donors (Lipinski definition) is 2. The molecule has 3 nitrogen and oxygen atoms in total. The van der Waals surface area contributed by atoms with Gasteiger partial charge in [0.15, 0.2) is 0 Å². The van der Waals surface area contributed by atoms with Gasteiger partial charge in [-0.25, -0.2) is 0 Å². The number of carbonyl (C=O) groups is 1. The Morgan fingerprint density at radius 1 is 1.43 bits per heavy atom. The smallest absolute Gasteiger partial charge is 0.230 e. The summed E-state index contributed by atoms with van der Waals surface area (Å²) in [5.41, 5.74) is 6.02. The number of nitrogens with two attached hydrogens (primary N) is 1. The summed E-state index contributed by atoms with van der Waals surface area (Å²) in [5, 5.41) is 3.70. The minimum absolute atomic E-state index is 0. The first-order valence-corrected chi connectivity index (χ1v) is 7.56. The molecule has 0 spiro atoms. The van der Waals surface area contributed by atoms with Crippen molar-refractivity contribution in [2.45, 2.75) is 51.5 Å². The first kappa shape index (κ1) is 20.2. The maximum absolute atomic E-state index is 12.5. The van der Waals surface area contributed by atoms with Crippen LogP contribution in [0, 0.1) is 0 Å². The molecule has 1 unspecified atom stereocenters. The molecule has 21 heavy (non-hydrogen) atoms. The van der Waals surface area contributed by atoms with Crippen molar-refractivity contribution in [3.63, 3.8) is 0 Å². The molecule has 1 atom stereocenters. The number of carbonyl (C=O) groups excluding carboxylic acids is 1. The van der Waals surface area contributed by atoms with Crippen LogP contribution in [-0.4, -0.2) is 18.5 Å². The molecule has 1 aromatic carbocycles. The SMILES string of the molecule is CCCCC(CN)NC(=O)C(C)(C)c1cccc(Cl)c1.Cl. The highest BCUT2D eigenvalue weighted by Gasteiger charge is 2.31. The van der Waals surface area contributed by atoms with Crippen LogP contribution in [0.25, 0.3) is 0 Å². The fraction of sp³-hybridized carbons (Fsp3) is 0.562. The molecule has 0 aromatic heterocycles. The van der Waals surface area contributed by atoms with Gasteiger partial charge in [0.05, 0.1) is 5.41 Å². The number of rotatable bonds is 7. The van der Waals surface area contributed by atoms with Crippen LogP contribution in [0.4, 0.5) is 0 Å². The van der Waals surface area contributed by atoms with Crippen molar-refractivity contribution in [1.82, 2.24) is 5.32 Å². The van der Waals surface area contributed by atoms with Gasteiger partial charge in [0.1, 0.15) is 0 Å². The van der Waals surface area contributed by atoms with E-state index in [0.717, 1.165) is 24.8 Å². The van der Waals surface area contributed by atoms with Crippen molar-refractivity contribution >= 4 is 29.9 Å². The van der Waals surface area contributed by atoms with Gasteiger partial charge in [-0.15, -0.1) is 12.4 Å². The Hall–Kier alpha value is -0.770. The summed E-state index contributed by atoms with van der Waals surface area (Å²) in [5.74, 6) is -0.00804. The highest BCUT2D eigenvalue weighted by molar-refractivity contribution is 6.30. The van der Waals surface area contributed by atoms with Gasteiger partial charge < -0.3 is 11.1 Å². The fourth-order valence-corrected chi connectivity index (χ4v) is 2.26. The Labute approximate surface area is 139 Å². The first-order chi connectivity index (χ1) is 9.41. The molecular formula is C16H26Cl2N2O. The molecular weight excluding hydrogens is 307 g/mol. The minimum Gasteiger partial charge on any atom is -0.351 e. The Morgan fingerprint density at radius 2 is 2.10 bits per heavy atom. The molecule has 0 saturated carbocycles. The van der Waals surface area contributed by atoms with Gasteiger partial charge in [0.25, 0.3) is 0 Å². The molecule has 3 N–H and O–H groups in total. The number of nitrogens with one attached hydrogen (secondary N) is 1. The molecule has 0 heterocycles. The maximum Gasteiger partial charge on any atom is 0.230 e. The van der Waals surface area contributed by atoms with Crippen LogP contribution < -0.4 is 11.1 Å². The van der Waals surface area contributed by atoms with E-state index >= 15 is 0 Å². The Morgan fingerprint density at radius 3 is 2.62 bits per heavy atom. The molecule has 0 radical (unpaired) electrons. The Balaban J connectivity index is 0.00000400. The summed E-state index contributed by atoms with van der Waals surface area (Å²) >= 11 is 6.01. The third kappa shape index (κ3) is 5.85. The van der Waals surface area contributed by atoms with Crippen LogP contribution in [0.1, 0.15) is 45.6 Å². The largest absolute Gasteiger partial charge is 0.351 e. The number of benzene rings is 1. The molecule has 0 bridgehead atoms. The average Bonchev–Trinajstić information content (AvgIpc) is 2.43. The summed E-state index contributed by atoms with van der Waals surface area (Å²) in [6.07, 6.45) is 3.09. The van der Waals surface area contributed by atoms with Crippen molar-refractivity contribution in [2.75, 3.05) is 6.54 Å². The number of amides is 1. The zero-order valence-corrected chi connectivity index (χ0v) is 14.6. The van der Waals surface area contributed by atoms with Crippen LogP contribution in [0.15, 0.2) is 24.3 Å². The molecule has 0 saturated heterocycles. The average molecular weight is 333 g/mol. The number of unbranched alkanes of at least 4 members (excludes halogenated alkanes) is 1. The third-order valence-electron chi connectivity index (χ3n) is 3.64. The van der Waals surface area contributed by atoms with Gasteiger partial charge >= 0.3 is 0 Å². The second-order valence-corrected chi connectivity index (χ2v) is 6.12. The first-order valence-electron chi connectivity index (χ1n) is 7.19. The van der Waals surface area contributed by atoms with Gasteiger partial charge in [-0.3, -0.25) is 4.79 Å². The predicted molar refractivity (Wildman–Crippen MR) is 92.2 cm³/mol. The fourth-order valence-electron chi connectivity index (χ4n) is 2.07. The van der Waals surface area contributed by atoms with Crippen molar-refractivity contribution in [1.29, 1.82) is 0 Å². The topological polar surface area (TPSA) is 55.1 Å². The third-order valence-corrected chi connectivity index (χ3v) is 3.87. The molecule has 1 rings (SSSR count). The lowest BCUT2D eigenvalue weighted by Crippen LogP contribution is -2.47. The van der Waals surface area contributed by atoms with Crippen LogP contribution >= 0.6 is 24.0 Å². The van der Waals surface area contributed by atoms with E-state index in [-0.39, 0.29) is 24.4 Å². The predicted octanol–water partition coefficient (Wildman–Crippen LogP) is 3.67. The van der Waals surface area contributed by atoms with Crippen molar-refractivity contribution in [3.8, 4) is 0 Å². The maximum atomic E-state index is 12.5. The van der Waals surface area contributed by atoms with Crippen molar-refractivity contribution in [2.24, 2.45) is 5.73 Å². The van der Waals surface area contributed by atoms with E-state index in [1.807, 2.05) is 38.1 Å². The van der Waals surface area contributed by atoms with E-state index in [1.54, 1.807) is 0 Å².